The van der Waals surface area contributed by atoms with Gasteiger partial charge in [-0.3, -0.25) is 23.5 Å². The van der Waals surface area contributed by atoms with Gasteiger partial charge in [-0.1, -0.05) is 19.0 Å². The highest BCUT2D eigenvalue weighted by molar-refractivity contribution is 7.85. The molecule has 3 aliphatic heterocycles. The van der Waals surface area contributed by atoms with Gasteiger partial charge in [0.2, 0.25) is 12.0 Å². The Labute approximate surface area is 209 Å². The lowest BCUT2D eigenvalue weighted by atomic mass is 9.84. The number of amides is 1. The number of anilines is 1. The molecule has 0 aromatic carbocycles. The van der Waals surface area contributed by atoms with Crippen molar-refractivity contribution in [1.29, 1.82) is 0 Å². The molecule has 0 unspecified atom stereocenters. The first kappa shape index (κ1) is 25.7. The average molecular weight is 543 g/mol. The van der Waals surface area contributed by atoms with Crippen molar-refractivity contribution in [3.05, 3.63) is 11.1 Å². The molecule has 0 spiro atoms. The van der Waals surface area contributed by atoms with E-state index in [1.165, 1.54) is 5.38 Å². The summed E-state index contributed by atoms with van der Waals surface area (Å²) in [5, 5.41) is 23.2. The number of fused-ring (bicyclic) bond motifs is 3. The molecule has 4 rings (SSSR count). The zero-order chi connectivity index (χ0) is 26.5. The van der Waals surface area contributed by atoms with Crippen LogP contribution in [0.3, 0.4) is 0 Å². The third kappa shape index (κ3) is 4.03. The lowest BCUT2D eigenvalue weighted by Gasteiger charge is -2.56. The van der Waals surface area contributed by atoms with Crippen molar-refractivity contribution < 1.29 is 48.0 Å². The number of carbonyl (C=O) groups excluding carboxylic acids is 3. The number of nitrogens with two attached hydrogens (primary N) is 1. The van der Waals surface area contributed by atoms with Crippen LogP contribution in [0.25, 0.3) is 0 Å². The molecule has 3 saturated heterocycles. The molecule has 1 aromatic rings. The predicted octanol–water partition coefficient (Wildman–Crippen LogP) is -0.595. The Bertz CT molecular complexity index is 1210. The van der Waals surface area contributed by atoms with Gasteiger partial charge in [0.15, 0.2) is 16.6 Å². The van der Waals surface area contributed by atoms with Crippen LogP contribution in [0.15, 0.2) is 10.5 Å². The largest absolute Gasteiger partial charge is 0.478 e. The fourth-order valence-electron chi connectivity index (χ4n) is 4.53. The van der Waals surface area contributed by atoms with E-state index >= 15 is 0 Å². The molecular formula is C20H22N4O10S2. The zero-order valence-electron chi connectivity index (χ0n) is 19.0. The Morgan fingerprint density at radius 3 is 2.64 bits per heavy atom. The summed E-state index contributed by atoms with van der Waals surface area (Å²) in [7, 11) is -1.77. The number of aliphatic carboxylic acids is 2. The highest BCUT2D eigenvalue weighted by Gasteiger charge is 2.72. The van der Waals surface area contributed by atoms with Crippen molar-refractivity contribution >= 4 is 62.6 Å². The van der Waals surface area contributed by atoms with E-state index < -0.39 is 81.8 Å². The van der Waals surface area contributed by atoms with Gasteiger partial charge in [-0.25, -0.2) is 14.6 Å². The number of nitrogens with zero attached hydrogens (tertiary/aromatic N) is 3. The highest BCUT2D eigenvalue weighted by Crippen LogP contribution is 2.50. The summed E-state index contributed by atoms with van der Waals surface area (Å²) in [5.41, 5.74) is 2.99. The summed E-state index contributed by atoms with van der Waals surface area (Å²) in [6, 6.07) is 0. The van der Waals surface area contributed by atoms with Gasteiger partial charge in [0.25, 0.3) is 5.72 Å². The molecule has 0 saturated carbocycles. The molecule has 16 heteroatoms. The molecule has 1 amide bonds. The minimum absolute atomic E-state index is 0.00409. The number of nitrogen functional groups attached to an aromatic ring is 1. The monoisotopic (exact) mass is 542 g/mol. The standard InChI is InChI=1S/C20H22N4O10S2/c1-7(2)14(17(28)29)34-23-13(10-5-35-19(21)22-10)11(25)4-9-15(27)24-16(9)36(32)6-8-3-12(26)33-20(8,24)18(30)31/h5,7-9,14,16H,3-4,6H2,1-2H3,(H2,21,22)(H,28,29)(H,30,31)/b23-13-/t8-,9+,14-,16+,20+,36-/m0/s1. The Morgan fingerprint density at radius 2 is 2.08 bits per heavy atom. The minimum Gasteiger partial charge on any atom is -0.478 e. The second-order valence-corrected chi connectivity index (χ2v) is 11.3. The van der Waals surface area contributed by atoms with Crippen LogP contribution in [0, 0.1) is 17.8 Å². The quantitative estimate of drug-likeness (QED) is 0.154. The van der Waals surface area contributed by atoms with Gasteiger partial charge in [-0.2, -0.15) is 0 Å². The van der Waals surface area contributed by atoms with Gasteiger partial charge < -0.3 is 25.5 Å². The van der Waals surface area contributed by atoms with Crippen LogP contribution in [-0.2, 0) is 44.3 Å². The second-order valence-electron chi connectivity index (χ2n) is 8.88. The van der Waals surface area contributed by atoms with Crippen molar-refractivity contribution in [1.82, 2.24) is 9.88 Å². The van der Waals surface area contributed by atoms with Gasteiger partial charge in [0.05, 0.1) is 18.3 Å². The number of aromatic nitrogens is 1. The second kappa shape index (κ2) is 9.24. The average Bonchev–Trinajstić information content (AvgIpc) is 3.35. The first-order valence-electron chi connectivity index (χ1n) is 10.7. The summed E-state index contributed by atoms with van der Waals surface area (Å²) in [6.45, 7) is 3.16. The third-order valence-corrected chi connectivity index (χ3v) is 8.71. The molecule has 3 fully saturated rings. The fraction of sp³-hybridized carbons (Fsp3) is 0.550. The van der Waals surface area contributed by atoms with Crippen LogP contribution in [0.4, 0.5) is 5.13 Å². The number of carboxylic acids is 2. The Balaban J connectivity index is 1.61. The van der Waals surface area contributed by atoms with Crippen LogP contribution in [0.5, 0.6) is 0 Å². The smallest absolute Gasteiger partial charge is 0.370 e. The Kier molecular flexibility index (Phi) is 6.59. The number of rotatable bonds is 9. The van der Waals surface area contributed by atoms with Crippen molar-refractivity contribution in [3.63, 3.8) is 0 Å². The molecule has 4 N–H and O–H groups in total. The summed E-state index contributed by atoms with van der Waals surface area (Å²) >= 11 is 0.992. The van der Waals surface area contributed by atoms with E-state index in [4.69, 9.17) is 15.3 Å². The Hall–Kier alpha value is -3.40. The molecule has 3 aliphatic rings. The number of β-lactam (4-membered cyclic amide) rings is 1. The van der Waals surface area contributed by atoms with E-state index in [0.29, 0.717) is 0 Å². The van der Waals surface area contributed by atoms with Crippen molar-refractivity contribution in [2.75, 3.05) is 11.5 Å². The van der Waals surface area contributed by atoms with Crippen molar-refractivity contribution in [3.8, 4) is 0 Å². The van der Waals surface area contributed by atoms with E-state index in [9.17, 15) is 38.4 Å². The lowest BCUT2D eigenvalue weighted by molar-refractivity contribution is -0.220. The van der Waals surface area contributed by atoms with Crippen LogP contribution >= 0.6 is 11.3 Å². The number of esters is 1. The number of ether oxygens (including phenoxy) is 1. The molecule has 194 valence electrons. The first-order chi connectivity index (χ1) is 16.9. The minimum atomic E-state index is -2.26. The van der Waals surface area contributed by atoms with Crippen LogP contribution in [0.1, 0.15) is 32.4 Å². The van der Waals surface area contributed by atoms with Gasteiger partial charge in [0, 0.05) is 34.3 Å². The summed E-state index contributed by atoms with van der Waals surface area (Å²) in [4.78, 5) is 71.6. The van der Waals surface area contributed by atoms with E-state index in [2.05, 4.69) is 10.1 Å². The zero-order valence-corrected chi connectivity index (χ0v) is 20.6. The molecular weight excluding hydrogens is 520 g/mol. The fourth-order valence-corrected chi connectivity index (χ4v) is 7.09. The van der Waals surface area contributed by atoms with Crippen LogP contribution in [0.2, 0.25) is 0 Å². The van der Waals surface area contributed by atoms with Gasteiger partial charge in [-0.15, -0.1) is 11.3 Å². The number of Topliss-reactive ketones (excluding diaryl/α,β-unsaturated/α-hetero) is 1. The summed E-state index contributed by atoms with van der Waals surface area (Å²) < 4.78 is 18.0. The Morgan fingerprint density at radius 1 is 1.39 bits per heavy atom. The SMILES string of the molecule is CC(C)[C@H](O/N=C(\C(=O)C[C@@H]1C(=O)N2[C@@H]1[S@@](=O)C[C@@H]1CC(=O)O[C@@]12C(=O)O)c1csc(N)n1)C(=O)O. The van der Waals surface area contributed by atoms with E-state index in [0.717, 1.165) is 16.2 Å². The van der Waals surface area contributed by atoms with Crippen LogP contribution in [-0.4, -0.2) is 82.6 Å². The number of hydrogen-bond acceptors (Lipinski definition) is 12. The number of thiazole rings is 1. The predicted molar refractivity (Wildman–Crippen MR) is 122 cm³/mol. The molecule has 0 aliphatic carbocycles. The van der Waals surface area contributed by atoms with Crippen LogP contribution < -0.4 is 5.73 Å². The maximum Gasteiger partial charge on any atom is 0.370 e. The van der Waals surface area contributed by atoms with Crippen molar-refractivity contribution in [2.24, 2.45) is 22.9 Å². The van der Waals surface area contributed by atoms with E-state index in [-0.39, 0.29) is 28.7 Å². The van der Waals surface area contributed by atoms with Gasteiger partial charge >= 0.3 is 17.9 Å². The molecule has 4 heterocycles. The number of oxime groups is 1. The maximum atomic E-state index is 13.2. The van der Waals surface area contributed by atoms with Gasteiger partial charge in [0.1, 0.15) is 11.1 Å². The van der Waals surface area contributed by atoms with E-state index in [1.54, 1.807) is 13.8 Å². The lowest BCUT2D eigenvalue weighted by Crippen LogP contribution is -2.78. The molecule has 0 bridgehead atoms. The summed E-state index contributed by atoms with van der Waals surface area (Å²) in [6.07, 6.45) is -2.21. The first-order valence-corrected chi connectivity index (χ1v) is 13.0. The third-order valence-electron chi connectivity index (χ3n) is 6.23. The number of hydrogen-bond donors (Lipinski definition) is 3. The number of carbonyl (C=O) groups is 5. The normalized spacial score (nSPS) is 30.2. The number of carboxylic acid groups (broad SMARTS) is 2. The molecule has 36 heavy (non-hydrogen) atoms. The van der Waals surface area contributed by atoms with Crippen molar-refractivity contribution in [2.45, 2.75) is 43.9 Å². The summed E-state index contributed by atoms with van der Waals surface area (Å²) in [5.74, 6) is -8.13. The topological polar surface area (TPSA) is 216 Å². The molecule has 0 radical (unpaired) electrons. The van der Waals surface area contributed by atoms with E-state index in [1.807, 2.05) is 0 Å². The maximum absolute atomic E-state index is 13.2. The number of ketones is 1. The van der Waals surface area contributed by atoms with Gasteiger partial charge in [-0.05, 0) is 0 Å². The molecule has 1 aromatic heterocycles. The molecule has 6 atom stereocenters. The molecule has 14 nitrogen and oxygen atoms in total. The highest BCUT2D eigenvalue weighted by atomic mass is 32.2.